The molecule has 0 N–H and O–H groups in total. The number of carbonyl (C=O) groups excluding carboxylic acids is 1. The molecule has 2 heterocycles. The number of carbonyl (C=O) groups is 1. The zero-order chi connectivity index (χ0) is 15.5. The van der Waals surface area contributed by atoms with Crippen molar-refractivity contribution in [2.45, 2.75) is 6.54 Å². The second-order valence-electron chi connectivity index (χ2n) is 5.30. The lowest BCUT2D eigenvalue weighted by Gasteiger charge is -2.34. The van der Waals surface area contributed by atoms with Crippen LogP contribution in [0, 0.1) is 0 Å². The summed E-state index contributed by atoms with van der Waals surface area (Å²) in [7, 11) is 0. The summed E-state index contributed by atoms with van der Waals surface area (Å²) in [6, 6.07) is 11.8. The molecule has 2 aromatic rings. The zero-order valence-electron chi connectivity index (χ0n) is 12.0. The van der Waals surface area contributed by atoms with E-state index >= 15 is 0 Å². The number of hydrogen-bond acceptors (Lipinski definition) is 3. The zero-order valence-corrected chi connectivity index (χ0v) is 15.1. The highest BCUT2D eigenvalue weighted by Crippen LogP contribution is 2.24. The number of thiophene rings is 1. The van der Waals surface area contributed by atoms with Crippen molar-refractivity contribution in [3.05, 3.63) is 55.6 Å². The fourth-order valence-corrected chi connectivity index (χ4v) is 4.02. The number of piperazine rings is 1. The van der Waals surface area contributed by atoms with E-state index in [2.05, 4.69) is 33.0 Å². The first-order chi connectivity index (χ1) is 10.6. The maximum atomic E-state index is 12.4. The molecule has 1 fully saturated rings. The summed E-state index contributed by atoms with van der Waals surface area (Å²) in [5.41, 5.74) is 1.26. The smallest absolute Gasteiger partial charge is 0.264 e. The largest absolute Gasteiger partial charge is 0.335 e. The molecule has 1 saturated heterocycles. The van der Waals surface area contributed by atoms with Gasteiger partial charge in [0.2, 0.25) is 0 Å². The van der Waals surface area contributed by atoms with Gasteiger partial charge in [0.1, 0.15) is 0 Å². The lowest BCUT2D eigenvalue weighted by Crippen LogP contribution is -2.48. The van der Waals surface area contributed by atoms with Crippen LogP contribution < -0.4 is 0 Å². The Morgan fingerprint density at radius 2 is 1.77 bits per heavy atom. The van der Waals surface area contributed by atoms with Gasteiger partial charge in [-0.25, -0.2) is 0 Å². The first kappa shape index (κ1) is 16.0. The van der Waals surface area contributed by atoms with Crippen LogP contribution in [-0.2, 0) is 6.54 Å². The Morgan fingerprint density at radius 3 is 2.36 bits per heavy atom. The summed E-state index contributed by atoms with van der Waals surface area (Å²) in [6.45, 7) is 4.27. The van der Waals surface area contributed by atoms with Crippen LogP contribution in [0.4, 0.5) is 0 Å². The molecule has 1 aromatic heterocycles. The third-order valence-electron chi connectivity index (χ3n) is 3.76. The topological polar surface area (TPSA) is 23.6 Å². The van der Waals surface area contributed by atoms with Crippen molar-refractivity contribution in [3.63, 3.8) is 0 Å². The van der Waals surface area contributed by atoms with Crippen LogP contribution in [0.2, 0.25) is 5.02 Å². The second kappa shape index (κ2) is 7.13. The maximum absolute atomic E-state index is 12.4. The minimum atomic E-state index is 0.141. The molecule has 116 valence electrons. The third-order valence-corrected chi connectivity index (χ3v) is 5.63. The highest BCUT2D eigenvalue weighted by atomic mass is 79.9. The highest BCUT2D eigenvalue weighted by molar-refractivity contribution is 9.11. The minimum absolute atomic E-state index is 0.141. The van der Waals surface area contributed by atoms with E-state index in [1.807, 2.05) is 29.2 Å². The molecular weight excluding hydrogens is 384 g/mol. The lowest BCUT2D eigenvalue weighted by atomic mass is 10.2. The van der Waals surface area contributed by atoms with Crippen molar-refractivity contribution >= 4 is 44.8 Å². The van der Waals surface area contributed by atoms with Gasteiger partial charge in [0.05, 0.1) is 8.66 Å². The fraction of sp³-hybridized carbons (Fsp3) is 0.312. The number of benzene rings is 1. The second-order valence-corrected chi connectivity index (χ2v) is 8.20. The molecule has 0 radical (unpaired) electrons. The number of hydrogen-bond donors (Lipinski definition) is 0. The van der Waals surface area contributed by atoms with Crippen LogP contribution in [0.1, 0.15) is 15.2 Å². The number of nitrogens with zero attached hydrogens (tertiary/aromatic N) is 2. The Hall–Kier alpha value is -0.880. The molecule has 0 atom stereocenters. The molecule has 1 amide bonds. The number of halogens is 2. The van der Waals surface area contributed by atoms with E-state index in [9.17, 15) is 4.79 Å². The molecule has 0 bridgehead atoms. The maximum Gasteiger partial charge on any atom is 0.264 e. The van der Waals surface area contributed by atoms with Gasteiger partial charge in [-0.15, -0.1) is 11.3 Å². The molecule has 0 saturated carbocycles. The van der Waals surface area contributed by atoms with E-state index in [0.717, 1.165) is 46.4 Å². The van der Waals surface area contributed by atoms with Gasteiger partial charge < -0.3 is 4.90 Å². The Morgan fingerprint density at radius 1 is 1.09 bits per heavy atom. The normalized spacial score (nSPS) is 16.0. The Labute approximate surface area is 147 Å². The number of rotatable bonds is 3. The van der Waals surface area contributed by atoms with Crippen molar-refractivity contribution < 1.29 is 4.79 Å². The van der Waals surface area contributed by atoms with Gasteiger partial charge in [0.15, 0.2) is 0 Å². The van der Waals surface area contributed by atoms with Crippen molar-refractivity contribution in [1.29, 1.82) is 0 Å². The van der Waals surface area contributed by atoms with Crippen LogP contribution in [0.3, 0.4) is 0 Å². The van der Waals surface area contributed by atoms with Gasteiger partial charge in [0, 0.05) is 37.7 Å². The highest BCUT2D eigenvalue weighted by Gasteiger charge is 2.23. The monoisotopic (exact) mass is 398 g/mol. The van der Waals surface area contributed by atoms with E-state index in [-0.39, 0.29) is 5.91 Å². The van der Waals surface area contributed by atoms with Gasteiger partial charge in [-0.1, -0.05) is 23.7 Å². The number of amides is 1. The van der Waals surface area contributed by atoms with Crippen molar-refractivity contribution in [2.75, 3.05) is 26.2 Å². The quantitative estimate of drug-likeness (QED) is 0.775. The van der Waals surface area contributed by atoms with Crippen LogP contribution in [0.15, 0.2) is 40.2 Å². The van der Waals surface area contributed by atoms with Crippen molar-refractivity contribution in [1.82, 2.24) is 9.80 Å². The Bertz CT molecular complexity index is 650. The van der Waals surface area contributed by atoms with Crippen LogP contribution in [0.5, 0.6) is 0 Å². The first-order valence-electron chi connectivity index (χ1n) is 7.13. The summed E-state index contributed by atoms with van der Waals surface area (Å²) >= 11 is 10.8. The standard InChI is InChI=1S/C16H16BrClN2OS/c17-15-6-5-14(22-15)16(21)20-9-7-19(8-10-20)11-12-1-3-13(18)4-2-12/h1-6H,7-11H2. The molecule has 0 aliphatic carbocycles. The van der Waals surface area contributed by atoms with E-state index in [4.69, 9.17) is 11.6 Å². The lowest BCUT2D eigenvalue weighted by molar-refractivity contribution is 0.0633. The average molecular weight is 400 g/mol. The Kier molecular flexibility index (Phi) is 5.18. The van der Waals surface area contributed by atoms with Crippen LogP contribution >= 0.6 is 38.9 Å². The fourth-order valence-electron chi connectivity index (χ4n) is 2.54. The molecule has 22 heavy (non-hydrogen) atoms. The van der Waals surface area contributed by atoms with E-state index in [0.29, 0.717) is 0 Å². The molecule has 0 spiro atoms. The van der Waals surface area contributed by atoms with Crippen molar-refractivity contribution in [3.8, 4) is 0 Å². The third kappa shape index (κ3) is 3.90. The van der Waals surface area contributed by atoms with Crippen LogP contribution in [-0.4, -0.2) is 41.9 Å². The summed E-state index contributed by atoms with van der Waals surface area (Å²) in [6.07, 6.45) is 0. The molecule has 1 aliphatic heterocycles. The molecule has 6 heteroatoms. The molecule has 1 aliphatic rings. The van der Waals surface area contributed by atoms with E-state index in [1.165, 1.54) is 16.9 Å². The summed E-state index contributed by atoms with van der Waals surface area (Å²) in [5, 5.41) is 0.765. The summed E-state index contributed by atoms with van der Waals surface area (Å²) in [5.74, 6) is 0.141. The predicted octanol–water partition coefficient (Wildman–Crippen LogP) is 4.12. The molecule has 3 nitrogen and oxygen atoms in total. The van der Waals surface area contributed by atoms with Gasteiger partial charge in [0.25, 0.3) is 5.91 Å². The SMILES string of the molecule is O=C(c1ccc(Br)s1)N1CCN(Cc2ccc(Cl)cc2)CC1. The van der Waals surface area contributed by atoms with Crippen LogP contribution in [0.25, 0.3) is 0 Å². The molecular formula is C16H16BrClN2OS. The van der Waals surface area contributed by atoms with Gasteiger partial charge in [-0.05, 0) is 45.8 Å². The van der Waals surface area contributed by atoms with Gasteiger partial charge >= 0.3 is 0 Å². The summed E-state index contributed by atoms with van der Waals surface area (Å²) in [4.78, 5) is 17.5. The van der Waals surface area contributed by atoms with Gasteiger partial charge in [-0.3, -0.25) is 9.69 Å². The summed E-state index contributed by atoms with van der Waals surface area (Å²) < 4.78 is 0.997. The van der Waals surface area contributed by atoms with Gasteiger partial charge in [-0.2, -0.15) is 0 Å². The molecule has 0 unspecified atom stereocenters. The molecule has 3 rings (SSSR count). The van der Waals surface area contributed by atoms with Crippen molar-refractivity contribution in [2.24, 2.45) is 0 Å². The average Bonchev–Trinajstić information content (AvgIpc) is 2.96. The first-order valence-corrected chi connectivity index (χ1v) is 9.12. The minimum Gasteiger partial charge on any atom is -0.335 e. The predicted molar refractivity (Wildman–Crippen MR) is 94.7 cm³/mol. The van der Waals surface area contributed by atoms with E-state index in [1.54, 1.807) is 0 Å². The Balaban J connectivity index is 1.54. The molecule has 1 aromatic carbocycles. The van der Waals surface area contributed by atoms with E-state index < -0.39 is 0 Å².